The largest absolute Gasteiger partial charge is 0.465 e. The van der Waals surface area contributed by atoms with Crippen molar-refractivity contribution in [2.24, 2.45) is 0 Å². The number of thiophene rings is 1. The molecule has 180 valence electrons. The molecule has 1 aromatic carbocycles. The summed E-state index contributed by atoms with van der Waals surface area (Å²) in [5.74, 6) is -2.07. The van der Waals surface area contributed by atoms with E-state index in [1.807, 2.05) is 6.92 Å². The molecule has 34 heavy (non-hydrogen) atoms. The van der Waals surface area contributed by atoms with Gasteiger partial charge in [-0.15, -0.1) is 11.3 Å². The van der Waals surface area contributed by atoms with Gasteiger partial charge >= 0.3 is 5.97 Å². The van der Waals surface area contributed by atoms with Gasteiger partial charge in [0.1, 0.15) is 10.3 Å². The second-order valence-electron chi connectivity index (χ2n) is 8.08. The lowest BCUT2D eigenvalue weighted by molar-refractivity contribution is -0.136. The molecule has 12 heteroatoms. The Bertz CT molecular complexity index is 1290. The van der Waals surface area contributed by atoms with E-state index in [0.29, 0.717) is 0 Å². The summed E-state index contributed by atoms with van der Waals surface area (Å²) in [6.07, 6.45) is 0. The predicted octanol–water partition coefficient (Wildman–Crippen LogP) is 1.36. The molecule has 3 amide bonds. The maximum Gasteiger partial charge on any atom is 0.338 e. The lowest BCUT2D eigenvalue weighted by Gasteiger charge is -2.36. The molecule has 0 aliphatic carbocycles. The Balaban J connectivity index is 1.43. The minimum Gasteiger partial charge on any atom is -0.465 e. The van der Waals surface area contributed by atoms with Crippen molar-refractivity contribution in [3.8, 4) is 0 Å². The van der Waals surface area contributed by atoms with Crippen molar-refractivity contribution >= 4 is 45.1 Å². The van der Waals surface area contributed by atoms with Crippen LogP contribution < -0.4 is 0 Å². The number of amides is 3. The number of carbonyl (C=O) groups excluding carboxylic acids is 4. The number of sulfonamides is 1. The van der Waals surface area contributed by atoms with Crippen LogP contribution in [0.3, 0.4) is 0 Å². The van der Waals surface area contributed by atoms with Crippen LogP contribution in [-0.2, 0) is 19.6 Å². The van der Waals surface area contributed by atoms with Gasteiger partial charge in [-0.2, -0.15) is 4.31 Å². The number of carbonyl (C=O) groups is 4. The van der Waals surface area contributed by atoms with Gasteiger partial charge in [-0.25, -0.2) is 13.2 Å². The van der Waals surface area contributed by atoms with Crippen molar-refractivity contribution in [3.63, 3.8) is 0 Å². The zero-order valence-corrected chi connectivity index (χ0v) is 20.4. The van der Waals surface area contributed by atoms with E-state index in [-0.39, 0.29) is 47.1 Å². The van der Waals surface area contributed by atoms with Crippen LogP contribution in [0.15, 0.2) is 33.9 Å². The maximum absolute atomic E-state index is 13.1. The van der Waals surface area contributed by atoms with Crippen LogP contribution in [0.1, 0.15) is 43.6 Å². The number of nitrogens with zero attached hydrogens (tertiary/aromatic N) is 3. The highest BCUT2D eigenvalue weighted by Gasteiger charge is 2.42. The van der Waals surface area contributed by atoms with E-state index in [1.165, 1.54) is 34.7 Å². The first-order valence-corrected chi connectivity index (χ1v) is 12.8. The molecule has 2 aromatic rings. The Morgan fingerprint density at radius 1 is 1.03 bits per heavy atom. The number of imide groups is 1. The van der Waals surface area contributed by atoms with Gasteiger partial charge in [-0.05, 0) is 32.0 Å². The Kier molecular flexibility index (Phi) is 6.32. The van der Waals surface area contributed by atoms with Crippen molar-refractivity contribution in [2.75, 3.05) is 33.3 Å². The lowest BCUT2D eigenvalue weighted by Crippen LogP contribution is -2.55. The number of rotatable bonds is 5. The minimum atomic E-state index is -3.84. The highest BCUT2D eigenvalue weighted by atomic mass is 32.2. The van der Waals surface area contributed by atoms with E-state index < -0.39 is 39.8 Å². The second kappa shape index (κ2) is 8.93. The van der Waals surface area contributed by atoms with Crippen LogP contribution in [-0.4, -0.2) is 85.5 Å². The first-order chi connectivity index (χ1) is 16.1. The lowest BCUT2D eigenvalue weighted by atomic mass is 10.1. The van der Waals surface area contributed by atoms with Gasteiger partial charge < -0.3 is 9.64 Å². The fraction of sp³-hybridized carbons (Fsp3) is 0.364. The smallest absolute Gasteiger partial charge is 0.338 e. The van der Waals surface area contributed by atoms with Gasteiger partial charge in [0.2, 0.25) is 5.91 Å². The highest BCUT2D eigenvalue weighted by molar-refractivity contribution is 7.91. The monoisotopic (exact) mass is 505 g/mol. The summed E-state index contributed by atoms with van der Waals surface area (Å²) >= 11 is 0.925. The topological polar surface area (TPSA) is 121 Å². The molecule has 0 spiro atoms. The Labute approximate surface area is 200 Å². The summed E-state index contributed by atoms with van der Waals surface area (Å²) in [4.78, 5) is 52.7. The van der Waals surface area contributed by atoms with Crippen LogP contribution in [0, 0.1) is 6.92 Å². The number of benzene rings is 1. The molecule has 1 saturated heterocycles. The zero-order valence-electron chi connectivity index (χ0n) is 18.8. The number of ether oxygens (including phenoxy) is 1. The first-order valence-electron chi connectivity index (χ1n) is 10.5. The summed E-state index contributed by atoms with van der Waals surface area (Å²) < 4.78 is 31.8. The van der Waals surface area contributed by atoms with Crippen LogP contribution in [0.4, 0.5) is 0 Å². The Hall–Kier alpha value is -3.09. The standard InChI is InChI=1S/C22H23N3O7S2/c1-13-4-5-16-17(10-13)21(28)25(20(16)27)14(2)19(26)23-6-8-24(9-7-23)34(30,31)18-11-15(12-33-18)22(29)32-3/h4-5,10-12,14H,6-9H2,1-3H3. The number of hydrogen-bond acceptors (Lipinski definition) is 8. The molecule has 1 fully saturated rings. The van der Waals surface area contributed by atoms with Crippen molar-refractivity contribution in [2.45, 2.75) is 24.1 Å². The van der Waals surface area contributed by atoms with E-state index in [4.69, 9.17) is 0 Å². The quantitative estimate of drug-likeness (QED) is 0.444. The van der Waals surface area contributed by atoms with Crippen LogP contribution in [0.25, 0.3) is 0 Å². The molecule has 0 N–H and O–H groups in total. The van der Waals surface area contributed by atoms with Gasteiger partial charge in [0.05, 0.1) is 23.8 Å². The minimum absolute atomic E-state index is 0.0161. The SMILES string of the molecule is COC(=O)c1csc(S(=O)(=O)N2CCN(C(=O)C(C)N3C(=O)c4ccc(C)cc4C3=O)CC2)c1. The Morgan fingerprint density at radius 2 is 1.68 bits per heavy atom. The number of aryl methyl sites for hydroxylation is 1. The van der Waals surface area contributed by atoms with Gasteiger partial charge in [0, 0.05) is 31.6 Å². The van der Waals surface area contributed by atoms with E-state index in [9.17, 15) is 27.6 Å². The summed E-state index contributed by atoms with van der Waals surface area (Å²) in [7, 11) is -2.62. The maximum atomic E-state index is 13.1. The molecule has 2 aliphatic rings. The third-order valence-electron chi connectivity index (χ3n) is 5.96. The van der Waals surface area contributed by atoms with Crippen molar-refractivity contribution in [1.82, 2.24) is 14.1 Å². The van der Waals surface area contributed by atoms with Gasteiger partial charge in [0.15, 0.2) is 0 Å². The molecule has 3 heterocycles. The fourth-order valence-corrected chi connectivity index (χ4v) is 6.78. The first kappa shape index (κ1) is 24.0. The van der Waals surface area contributed by atoms with E-state index in [1.54, 1.807) is 18.2 Å². The number of esters is 1. The highest BCUT2D eigenvalue weighted by Crippen LogP contribution is 2.28. The molecule has 0 bridgehead atoms. The predicted molar refractivity (Wildman–Crippen MR) is 122 cm³/mol. The fourth-order valence-electron chi connectivity index (χ4n) is 4.05. The molecular weight excluding hydrogens is 482 g/mol. The summed E-state index contributed by atoms with van der Waals surface area (Å²) in [6.45, 7) is 3.64. The zero-order chi connectivity index (χ0) is 24.8. The van der Waals surface area contributed by atoms with E-state index in [2.05, 4.69) is 4.74 Å². The number of fused-ring (bicyclic) bond motifs is 1. The summed E-state index contributed by atoms with van der Waals surface area (Å²) in [5.41, 5.74) is 1.55. The van der Waals surface area contributed by atoms with Crippen LogP contribution in [0.2, 0.25) is 0 Å². The molecule has 1 aromatic heterocycles. The van der Waals surface area contributed by atoms with Gasteiger partial charge in [0.25, 0.3) is 21.8 Å². The Morgan fingerprint density at radius 3 is 2.32 bits per heavy atom. The van der Waals surface area contributed by atoms with Crippen molar-refractivity contribution in [1.29, 1.82) is 0 Å². The van der Waals surface area contributed by atoms with E-state index in [0.717, 1.165) is 21.8 Å². The normalized spacial score (nSPS) is 17.6. The van der Waals surface area contributed by atoms with Crippen molar-refractivity contribution < 1.29 is 32.3 Å². The third-order valence-corrected chi connectivity index (χ3v) is 9.27. The van der Waals surface area contributed by atoms with Crippen LogP contribution in [0.5, 0.6) is 0 Å². The molecule has 1 unspecified atom stereocenters. The molecule has 0 saturated carbocycles. The van der Waals surface area contributed by atoms with Crippen LogP contribution >= 0.6 is 11.3 Å². The second-order valence-corrected chi connectivity index (χ2v) is 11.2. The molecule has 0 radical (unpaired) electrons. The molecular formula is C22H23N3O7S2. The van der Waals surface area contributed by atoms with Crippen molar-refractivity contribution in [3.05, 3.63) is 51.9 Å². The summed E-state index contributed by atoms with van der Waals surface area (Å²) in [5, 5.41) is 1.42. The van der Waals surface area contributed by atoms with Gasteiger partial charge in [-0.1, -0.05) is 11.6 Å². The number of hydrogen-bond donors (Lipinski definition) is 0. The summed E-state index contributed by atoms with van der Waals surface area (Å²) in [6, 6.07) is 5.21. The molecule has 4 rings (SSSR count). The average molecular weight is 506 g/mol. The third kappa shape index (κ3) is 4.01. The van der Waals surface area contributed by atoms with Gasteiger partial charge in [-0.3, -0.25) is 19.3 Å². The number of piperazine rings is 1. The van der Waals surface area contributed by atoms with E-state index >= 15 is 0 Å². The molecule has 10 nitrogen and oxygen atoms in total. The molecule has 2 aliphatic heterocycles. The average Bonchev–Trinajstić information content (AvgIpc) is 3.42. The number of methoxy groups -OCH3 is 1. The molecule has 1 atom stereocenters.